The summed E-state index contributed by atoms with van der Waals surface area (Å²) in [7, 11) is 0. The van der Waals surface area contributed by atoms with Crippen molar-refractivity contribution >= 4 is 18.4 Å². The molecule has 1 atom stereocenters. The van der Waals surface area contributed by atoms with E-state index in [1.54, 1.807) is 0 Å². The van der Waals surface area contributed by atoms with Crippen molar-refractivity contribution in [1.29, 1.82) is 0 Å². The van der Waals surface area contributed by atoms with Crippen molar-refractivity contribution in [1.82, 2.24) is 0 Å². The van der Waals surface area contributed by atoms with Crippen molar-refractivity contribution in [2.75, 3.05) is 0 Å². The van der Waals surface area contributed by atoms with E-state index in [4.69, 9.17) is 10.8 Å². The van der Waals surface area contributed by atoms with Crippen LogP contribution >= 0.6 is 12.4 Å². The Balaban J connectivity index is 0.00000112. The number of nitrogens with two attached hydrogens (primary N) is 1. The number of benzene rings is 1. The minimum atomic E-state index is -0.969. The molecule has 4 heteroatoms. The minimum absolute atomic E-state index is 0. The summed E-state index contributed by atoms with van der Waals surface area (Å²) < 4.78 is 0. The highest BCUT2D eigenvalue weighted by Gasteiger charge is 2.17. The van der Waals surface area contributed by atoms with Crippen molar-refractivity contribution in [2.45, 2.75) is 25.3 Å². The number of rotatable bonds is 2. The van der Waals surface area contributed by atoms with Crippen molar-refractivity contribution < 1.29 is 9.90 Å². The number of hydrogen-bond acceptors (Lipinski definition) is 2. The van der Waals surface area contributed by atoms with E-state index >= 15 is 0 Å². The van der Waals surface area contributed by atoms with E-state index in [9.17, 15) is 4.79 Å². The molecule has 3 nitrogen and oxygen atoms in total. The average molecular weight is 228 g/mol. The van der Waals surface area contributed by atoms with Crippen LogP contribution in [-0.2, 0) is 17.6 Å². The molecular formula is C11H14ClNO2. The molecule has 2 rings (SSSR count). The average Bonchev–Trinajstić information content (AvgIpc) is 2.62. The van der Waals surface area contributed by atoms with Crippen LogP contribution in [0, 0.1) is 0 Å². The highest BCUT2D eigenvalue weighted by molar-refractivity contribution is 5.85. The molecule has 1 aliphatic rings. The Labute approximate surface area is 94.7 Å². The lowest BCUT2D eigenvalue weighted by Gasteiger charge is -2.08. The second-order valence-electron chi connectivity index (χ2n) is 3.70. The third-order valence-corrected chi connectivity index (χ3v) is 2.75. The zero-order valence-corrected chi connectivity index (χ0v) is 9.09. The maximum Gasteiger partial charge on any atom is 0.325 e. The zero-order chi connectivity index (χ0) is 10.1. The summed E-state index contributed by atoms with van der Waals surface area (Å²) in [6, 6.07) is 4.87. The van der Waals surface area contributed by atoms with Crippen LogP contribution < -0.4 is 5.73 Å². The lowest BCUT2D eigenvalue weighted by Crippen LogP contribution is -2.20. The number of halogens is 1. The van der Waals surface area contributed by atoms with E-state index in [1.807, 2.05) is 18.2 Å². The normalized spacial score (nSPS) is 15.3. The van der Waals surface area contributed by atoms with E-state index in [0.717, 1.165) is 12.8 Å². The van der Waals surface area contributed by atoms with Crippen LogP contribution in [0.5, 0.6) is 0 Å². The molecule has 0 heterocycles. The van der Waals surface area contributed by atoms with E-state index in [1.165, 1.54) is 17.5 Å². The Hall–Kier alpha value is -1.06. The molecule has 1 aromatic rings. The van der Waals surface area contributed by atoms with E-state index in [2.05, 4.69) is 0 Å². The molecule has 15 heavy (non-hydrogen) atoms. The number of carbonyl (C=O) groups is 1. The molecule has 0 amide bonds. The molecule has 0 fully saturated rings. The van der Waals surface area contributed by atoms with Crippen molar-refractivity contribution in [3.8, 4) is 0 Å². The van der Waals surface area contributed by atoms with Crippen LogP contribution in [0.15, 0.2) is 18.2 Å². The number of carboxylic acid groups (broad SMARTS) is 1. The largest absolute Gasteiger partial charge is 0.480 e. The fourth-order valence-corrected chi connectivity index (χ4v) is 1.93. The van der Waals surface area contributed by atoms with E-state index < -0.39 is 12.0 Å². The molecule has 0 saturated carbocycles. The van der Waals surface area contributed by atoms with Crippen molar-refractivity contribution in [3.63, 3.8) is 0 Å². The standard InChI is InChI=1S/C11H13NO2.ClH/c12-10(11(13)14)9-5-4-7-2-1-3-8(7)6-9;/h4-6,10H,1-3,12H2,(H,13,14);1H. The summed E-state index contributed by atoms with van der Waals surface area (Å²) in [4.78, 5) is 10.7. The van der Waals surface area contributed by atoms with Gasteiger partial charge < -0.3 is 10.8 Å². The lowest BCUT2D eigenvalue weighted by atomic mass is 10.0. The predicted molar refractivity (Wildman–Crippen MR) is 60.3 cm³/mol. The van der Waals surface area contributed by atoms with Gasteiger partial charge >= 0.3 is 5.97 Å². The van der Waals surface area contributed by atoms with Crippen LogP contribution in [0.3, 0.4) is 0 Å². The molecule has 1 aromatic carbocycles. The Bertz CT molecular complexity index is 379. The van der Waals surface area contributed by atoms with Gasteiger partial charge in [-0.15, -0.1) is 12.4 Å². The zero-order valence-electron chi connectivity index (χ0n) is 8.27. The highest BCUT2D eigenvalue weighted by Crippen LogP contribution is 2.24. The molecular weight excluding hydrogens is 214 g/mol. The first-order valence-electron chi connectivity index (χ1n) is 4.78. The fraction of sp³-hybridized carbons (Fsp3) is 0.364. The molecule has 1 unspecified atom stereocenters. The van der Waals surface area contributed by atoms with Gasteiger partial charge in [-0.2, -0.15) is 0 Å². The Morgan fingerprint density at radius 3 is 2.67 bits per heavy atom. The van der Waals surface area contributed by atoms with Crippen LogP contribution in [0.1, 0.15) is 29.2 Å². The van der Waals surface area contributed by atoms with Gasteiger partial charge in [0.2, 0.25) is 0 Å². The van der Waals surface area contributed by atoms with Crippen molar-refractivity contribution in [3.05, 3.63) is 34.9 Å². The third kappa shape index (κ3) is 2.30. The molecule has 0 aromatic heterocycles. The second kappa shape index (κ2) is 4.64. The number of fused-ring (bicyclic) bond motifs is 1. The van der Waals surface area contributed by atoms with Gasteiger partial charge in [-0.05, 0) is 36.0 Å². The van der Waals surface area contributed by atoms with Crippen molar-refractivity contribution in [2.24, 2.45) is 5.73 Å². The molecule has 0 spiro atoms. The molecule has 82 valence electrons. The van der Waals surface area contributed by atoms with Gasteiger partial charge in [0, 0.05) is 0 Å². The summed E-state index contributed by atoms with van der Waals surface area (Å²) in [5, 5.41) is 8.76. The van der Waals surface area contributed by atoms with E-state index in [0.29, 0.717) is 5.56 Å². The summed E-state index contributed by atoms with van der Waals surface area (Å²) in [5.41, 5.74) is 8.84. The van der Waals surface area contributed by atoms with Crippen LogP contribution in [0.25, 0.3) is 0 Å². The number of hydrogen-bond donors (Lipinski definition) is 2. The monoisotopic (exact) mass is 227 g/mol. The summed E-state index contributed by atoms with van der Waals surface area (Å²) in [6.07, 6.45) is 3.33. The van der Waals surface area contributed by atoms with Gasteiger partial charge in [0.1, 0.15) is 6.04 Å². The number of aryl methyl sites for hydroxylation is 2. The van der Waals surface area contributed by atoms with Gasteiger partial charge in [0.25, 0.3) is 0 Å². The van der Waals surface area contributed by atoms with Gasteiger partial charge in [-0.3, -0.25) is 4.79 Å². The van der Waals surface area contributed by atoms with Gasteiger partial charge in [0.15, 0.2) is 0 Å². The number of carboxylic acids is 1. The smallest absolute Gasteiger partial charge is 0.325 e. The highest BCUT2D eigenvalue weighted by atomic mass is 35.5. The first-order valence-corrected chi connectivity index (χ1v) is 4.78. The Morgan fingerprint density at radius 1 is 1.33 bits per heavy atom. The van der Waals surface area contributed by atoms with Gasteiger partial charge in [-0.25, -0.2) is 0 Å². The maximum absolute atomic E-state index is 10.7. The summed E-state index contributed by atoms with van der Waals surface area (Å²) >= 11 is 0. The first-order chi connectivity index (χ1) is 6.68. The van der Waals surface area contributed by atoms with Crippen LogP contribution in [0.2, 0.25) is 0 Å². The molecule has 0 saturated heterocycles. The SMILES string of the molecule is Cl.NC(C(=O)O)c1ccc2c(c1)CCC2. The quantitative estimate of drug-likeness (QED) is 0.808. The minimum Gasteiger partial charge on any atom is -0.480 e. The second-order valence-corrected chi connectivity index (χ2v) is 3.70. The maximum atomic E-state index is 10.7. The fourth-order valence-electron chi connectivity index (χ4n) is 1.93. The molecule has 0 aliphatic heterocycles. The van der Waals surface area contributed by atoms with Gasteiger partial charge in [-0.1, -0.05) is 18.2 Å². The summed E-state index contributed by atoms with van der Waals surface area (Å²) in [5.74, 6) is -0.969. The molecule has 1 aliphatic carbocycles. The van der Waals surface area contributed by atoms with Crippen LogP contribution in [0.4, 0.5) is 0 Å². The molecule has 0 radical (unpaired) electrons. The van der Waals surface area contributed by atoms with Crippen LogP contribution in [-0.4, -0.2) is 11.1 Å². The Kier molecular flexibility index (Phi) is 3.72. The van der Waals surface area contributed by atoms with E-state index in [-0.39, 0.29) is 12.4 Å². The molecule has 0 bridgehead atoms. The Morgan fingerprint density at radius 2 is 2.00 bits per heavy atom. The topological polar surface area (TPSA) is 63.3 Å². The number of aliphatic carboxylic acids is 1. The summed E-state index contributed by atoms with van der Waals surface area (Å²) in [6.45, 7) is 0. The lowest BCUT2D eigenvalue weighted by molar-refractivity contribution is -0.138. The third-order valence-electron chi connectivity index (χ3n) is 2.75. The first kappa shape index (κ1) is 12.0. The van der Waals surface area contributed by atoms with Gasteiger partial charge in [0.05, 0.1) is 0 Å². The predicted octanol–water partition coefficient (Wildman–Crippen LogP) is 1.68. The molecule has 3 N–H and O–H groups in total.